The highest BCUT2D eigenvalue weighted by Gasteiger charge is 2.24. The zero-order valence-electron chi connectivity index (χ0n) is 12.3. The van der Waals surface area contributed by atoms with Crippen LogP contribution in [0.1, 0.15) is 45.1 Å². The topological polar surface area (TPSA) is 35.5 Å². The first-order valence-electron chi connectivity index (χ1n) is 7.22. The first kappa shape index (κ1) is 17.7. The van der Waals surface area contributed by atoms with Gasteiger partial charge in [-0.15, -0.1) is 0 Å². The van der Waals surface area contributed by atoms with E-state index in [0.29, 0.717) is 24.4 Å². The fourth-order valence-corrected chi connectivity index (χ4v) is 3.49. The van der Waals surface area contributed by atoms with Gasteiger partial charge in [-0.1, -0.05) is 50.4 Å². The van der Waals surface area contributed by atoms with Crippen molar-refractivity contribution in [2.75, 3.05) is 13.2 Å². The highest BCUT2D eigenvalue weighted by Crippen LogP contribution is 2.51. The lowest BCUT2D eigenvalue weighted by Gasteiger charge is -2.18. The summed E-state index contributed by atoms with van der Waals surface area (Å²) >= 11 is 5.86. The van der Waals surface area contributed by atoms with E-state index in [1.54, 1.807) is 12.1 Å². The number of halogens is 1. The third-order valence-corrected chi connectivity index (χ3v) is 5.02. The van der Waals surface area contributed by atoms with E-state index in [9.17, 15) is 4.57 Å². The van der Waals surface area contributed by atoms with Gasteiger partial charge in [-0.3, -0.25) is 4.57 Å². The van der Waals surface area contributed by atoms with Crippen molar-refractivity contribution in [3.8, 4) is 0 Å². The molecule has 0 aliphatic heterocycles. The van der Waals surface area contributed by atoms with Gasteiger partial charge >= 0.3 is 7.60 Å². The molecule has 0 fully saturated rings. The minimum absolute atomic E-state index is 0.303. The molecule has 20 heavy (non-hydrogen) atoms. The van der Waals surface area contributed by atoms with E-state index in [0.717, 1.165) is 31.2 Å². The van der Waals surface area contributed by atoms with E-state index >= 15 is 0 Å². The Morgan fingerprint density at radius 3 is 1.95 bits per heavy atom. The highest BCUT2D eigenvalue weighted by atomic mass is 35.5. The molecule has 0 radical (unpaired) electrons. The average molecular weight is 319 g/mol. The molecule has 3 nitrogen and oxygen atoms in total. The quantitative estimate of drug-likeness (QED) is 0.412. The SMILES string of the molecule is CCCCOP(=O)(Cc1ccc(Cl)cc1)OCCCC. The number of hydrogen-bond acceptors (Lipinski definition) is 3. The van der Waals surface area contributed by atoms with Crippen molar-refractivity contribution in [2.24, 2.45) is 0 Å². The van der Waals surface area contributed by atoms with E-state index < -0.39 is 7.60 Å². The number of benzene rings is 1. The second kappa shape index (κ2) is 9.57. The Balaban J connectivity index is 2.64. The maximum absolute atomic E-state index is 12.7. The van der Waals surface area contributed by atoms with Gasteiger partial charge in [0, 0.05) is 5.02 Å². The molecule has 5 heteroatoms. The van der Waals surface area contributed by atoms with Gasteiger partial charge in [0.05, 0.1) is 19.4 Å². The lowest BCUT2D eigenvalue weighted by molar-refractivity contribution is 0.199. The largest absolute Gasteiger partial charge is 0.335 e. The fraction of sp³-hybridized carbons (Fsp3) is 0.600. The van der Waals surface area contributed by atoms with Gasteiger partial charge in [0.15, 0.2) is 0 Å². The lowest BCUT2D eigenvalue weighted by atomic mass is 10.2. The van der Waals surface area contributed by atoms with Crippen LogP contribution in [-0.4, -0.2) is 13.2 Å². The Morgan fingerprint density at radius 1 is 1.00 bits per heavy atom. The summed E-state index contributed by atoms with van der Waals surface area (Å²) in [6, 6.07) is 7.31. The molecule has 0 aromatic heterocycles. The van der Waals surface area contributed by atoms with Gasteiger partial charge in [-0.05, 0) is 30.5 Å². The van der Waals surface area contributed by atoms with Gasteiger partial charge in [0.25, 0.3) is 0 Å². The minimum Gasteiger partial charge on any atom is -0.308 e. The maximum atomic E-state index is 12.7. The molecule has 0 amide bonds. The molecule has 0 saturated carbocycles. The van der Waals surface area contributed by atoms with E-state index in [4.69, 9.17) is 20.6 Å². The molecule has 1 aromatic carbocycles. The van der Waals surface area contributed by atoms with Gasteiger partial charge in [-0.2, -0.15) is 0 Å². The normalized spacial score (nSPS) is 11.8. The molecule has 0 saturated heterocycles. The molecule has 0 aliphatic rings. The lowest BCUT2D eigenvalue weighted by Crippen LogP contribution is -2.02. The van der Waals surface area contributed by atoms with Crippen molar-refractivity contribution < 1.29 is 13.6 Å². The van der Waals surface area contributed by atoms with Gasteiger partial charge < -0.3 is 9.05 Å². The smallest absolute Gasteiger partial charge is 0.308 e. The Labute approximate surface area is 127 Å². The van der Waals surface area contributed by atoms with Crippen LogP contribution in [0.2, 0.25) is 5.02 Å². The Kier molecular flexibility index (Phi) is 8.47. The van der Waals surface area contributed by atoms with Crippen LogP contribution in [0.3, 0.4) is 0 Å². The number of unbranched alkanes of at least 4 members (excludes halogenated alkanes) is 2. The summed E-state index contributed by atoms with van der Waals surface area (Å²) in [5, 5.41) is 0.669. The average Bonchev–Trinajstić information content (AvgIpc) is 2.42. The Morgan fingerprint density at radius 2 is 1.50 bits per heavy atom. The summed E-state index contributed by atoms with van der Waals surface area (Å²) in [5.41, 5.74) is 0.922. The zero-order chi connectivity index (χ0) is 14.8. The summed E-state index contributed by atoms with van der Waals surface area (Å²) in [6.45, 7) is 5.11. The van der Waals surface area contributed by atoms with E-state index in [2.05, 4.69) is 13.8 Å². The van der Waals surface area contributed by atoms with Crippen LogP contribution in [0.25, 0.3) is 0 Å². The third kappa shape index (κ3) is 6.90. The van der Waals surface area contributed by atoms with Crippen molar-refractivity contribution in [1.82, 2.24) is 0 Å². The molecule has 0 heterocycles. The van der Waals surface area contributed by atoms with Crippen molar-refractivity contribution in [3.63, 3.8) is 0 Å². The summed E-state index contributed by atoms with van der Waals surface area (Å²) in [4.78, 5) is 0. The molecular formula is C15H24ClO3P. The predicted octanol–water partition coefficient (Wildman–Crippen LogP) is 5.67. The Hall–Kier alpha value is -0.340. The van der Waals surface area contributed by atoms with E-state index in [-0.39, 0.29) is 0 Å². The molecular weight excluding hydrogens is 295 g/mol. The van der Waals surface area contributed by atoms with Gasteiger partial charge in [0.1, 0.15) is 0 Å². The molecule has 0 atom stereocenters. The van der Waals surface area contributed by atoms with Crippen LogP contribution in [0.5, 0.6) is 0 Å². The van der Waals surface area contributed by atoms with Crippen LogP contribution < -0.4 is 0 Å². The molecule has 1 aromatic rings. The maximum Gasteiger partial charge on any atom is 0.335 e. The second-order valence-corrected chi connectivity index (χ2v) is 7.26. The molecule has 0 bridgehead atoms. The van der Waals surface area contributed by atoms with Gasteiger partial charge in [0.2, 0.25) is 0 Å². The van der Waals surface area contributed by atoms with Crippen LogP contribution in [0.4, 0.5) is 0 Å². The standard InChI is InChI=1S/C15H24ClO3P/c1-3-5-11-18-20(17,19-12-6-4-2)13-14-7-9-15(16)10-8-14/h7-10H,3-6,11-13H2,1-2H3. The first-order chi connectivity index (χ1) is 9.59. The third-order valence-electron chi connectivity index (χ3n) is 2.86. The highest BCUT2D eigenvalue weighted by molar-refractivity contribution is 7.53. The Bertz CT molecular complexity index is 406. The van der Waals surface area contributed by atoms with Crippen LogP contribution in [0.15, 0.2) is 24.3 Å². The van der Waals surface area contributed by atoms with Crippen LogP contribution in [-0.2, 0) is 19.8 Å². The molecule has 114 valence electrons. The summed E-state index contributed by atoms with van der Waals surface area (Å²) in [6.07, 6.45) is 4.10. The zero-order valence-corrected chi connectivity index (χ0v) is 14.0. The van der Waals surface area contributed by atoms with Crippen molar-refractivity contribution >= 4 is 19.2 Å². The van der Waals surface area contributed by atoms with Crippen LogP contribution in [0, 0.1) is 0 Å². The summed E-state index contributed by atoms with van der Waals surface area (Å²) in [7, 11) is -3.06. The predicted molar refractivity (Wildman–Crippen MR) is 84.5 cm³/mol. The fourth-order valence-electron chi connectivity index (χ4n) is 1.64. The minimum atomic E-state index is -3.06. The summed E-state index contributed by atoms with van der Waals surface area (Å²) < 4.78 is 23.8. The number of rotatable bonds is 10. The summed E-state index contributed by atoms with van der Waals surface area (Å²) in [5.74, 6) is 0. The monoisotopic (exact) mass is 318 g/mol. The van der Waals surface area contributed by atoms with E-state index in [1.807, 2.05) is 12.1 Å². The van der Waals surface area contributed by atoms with Crippen molar-refractivity contribution in [2.45, 2.75) is 45.7 Å². The molecule has 1 rings (SSSR count). The van der Waals surface area contributed by atoms with Crippen molar-refractivity contribution in [1.29, 1.82) is 0 Å². The van der Waals surface area contributed by atoms with Crippen molar-refractivity contribution in [3.05, 3.63) is 34.9 Å². The molecule has 0 spiro atoms. The van der Waals surface area contributed by atoms with Crippen LogP contribution >= 0.6 is 19.2 Å². The van der Waals surface area contributed by atoms with E-state index in [1.165, 1.54) is 0 Å². The second-order valence-electron chi connectivity index (χ2n) is 4.77. The van der Waals surface area contributed by atoms with Gasteiger partial charge in [-0.25, -0.2) is 0 Å². The molecule has 0 unspecified atom stereocenters. The molecule has 0 aliphatic carbocycles. The number of hydrogen-bond donors (Lipinski definition) is 0. The first-order valence-corrected chi connectivity index (χ1v) is 9.33. The molecule has 0 N–H and O–H groups in total.